The maximum atomic E-state index is 12.9. The molecule has 0 unspecified atom stereocenters. The normalized spacial score (nSPS) is 31.2. The number of unbranched alkanes of at least 4 members (excludes halogenated alkanes) is 1. The Bertz CT molecular complexity index is 660. The van der Waals surface area contributed by atoms with Crippen molar-refractivity contribution in [3.8, 4) is 0 Å². The second-order valence-corrected chi connectivity index (χ2v) is 10.5. The van der Waals surface area contributed by atoms with Gasteiger partial charge in [0.15, 0.2) is 0 Å². The van der Waals surface area contributed by atoms with E-state index in [1.165, 1.54) is 30.7 Å². The Morgan fingerprint density at radius 2 is 1.84 bits per heavy atom. The van der Waals surface area contributed by atoms with Crippen LogP contribution in [0.15, 0.2) is 0 Å². The number of urea groups is 1. The van der Waals surface area contributed by atoms with E-state index in [1.807, 2.05) is 11.8 Å². The lowest BCUT2D eigenvalue weighted by Gasteiger charge is -2.52. The van der Waals surface area contributed by atoms with E-state index >= 15 is 0 Å². The first-order valence-electron chi connectivity index (χ1n) is 12.9. The highest BCUT2D eigenvalue weighted by atomic mass is 16.6. The fourth-order valence-corrected chi connectivity index (χ4v) is 6.62. The van der Waals surface area contributed by atoms with E-state index in [0.717, 1.165) is 64.8 Å². The molecule has 4 rings (SSSR count). The zero-order valence-corrected chi connectivity index (χ0v) is 20.1. The fraction of sp³-hybridized carbons (Fsp3) is 0.917. The van der Waals surface area contributed by atoms with Crippen LogP contribution in [-0.4, -0.2) is 89.8 Å². The molecule has 0 aromatic rings. The van der Waals surface area contributed by atoms with Gasteiger partial charge in [-0.2, -0.15) is 0 Å². The van der Waals surface area contributed by atoms with Crippen molar-refractivity contribution < 1.29 is 14.3 Å². The van der Waals surface area contributed by atoms with Crippen molar-refractivity contribution in [2.24, 2.45) is 17.2 Å². The average molecular weight is 450 g/mol. The Hall–Kier alpha value is -1.54. The number of rotatable bonds is 6. The summed E-state index contributed by atoms with van der Waals surface area (Å²) in [6.07, 6.45) is 9.96. The Balaban J connectivity index is 1.22. The van der Waals surface area contributed by atoms with E-state index in [0.29, 0.717) is 36.6 Å². The molecule has 0 radical (unpaired) electrons. The monoisotopic (exact) mass is 449 g/mol. The maximum Gasteiger partial charge on any atom is 0.409 e. The van der Waals surface area contributed by atoms with Crippen LogP contribution in [0.5, 0.6) is 0 Å². The molecule has 0 bridgehead atoms. The highest BCUT2D eigenvalue weighted by molar-refractivity contribution is 5.74. The predicted octanol–water partition coefficient (Wildman–Crippen LogP) is 3.27. The first kappa shape index (κ1) is 23.6. The first-order valence-corrected chi connectivity index (χ1v) is 12.9. The summed E-state index contributed by atoms with van der Waals surface area (Å²) in [5.41, 5.74) is 0.325. The van der Waals surface area contributed by atoms with Gasteiger partial charge in [-0.15, -0.1) is 0 Å². The summed E-state index contributed by atoms with van der Waals surface area (Å²) in [7, 11) is 0. The number of likely N-dealkylation sites (tertiary alicyclic amines) is 3. The van der Waals surface area contributed by atoms with Gasteiger partial charge in [-0.05, 0) is 82.7 Å². The minimum atomic E-state index is -0.143. The van der Waals surface area contributed by atoms with Crippen LogP contribution in [0, 0.1) is 11.3 Å². The number of nitrogens with zero attached hydrogens (tertiary/aromatic N) is 4. The second kappa shape index (κ2) is 10.2. The third kappa shape index (κ3) is 4.86. The summed E-state index contributed by atoms with van der Waals surface area (Å²) >= 11 is 0. The van der Waals surface area contributed by atoms with Gasteiger partial charge in [0.2, 0.25) is 0 Å². The number of hydrogen-bond acceptors (Lipinski definition) is 5. The van der Waals surface area contributed by atoms with Gasteiger partial charge >= 0.3 is 12.1 Å². The minimum absolute atomic E-state index is 0.0247. The molecule has 3 aliphatic heterocycles. The molecule has 8 nitrogen and oxygen atoms in total. The zero-order chi connectivity index (χ0) is 22.7. The molecule has 1 spiro atoms. The van der Waals surface area contributed by atoms with Crippen molar-refractivity contribution in [1.29, 1.82) is 0 Å². The van der Waals surface area contributed by atoms with E-state index in [4.69, 9.17) is 10.6 Å². The summed E-state index contributed by atoms with van der Waals surface area (Å²) < 4.78 is 5.19. The fourth-order valence-electron chi connectivity index (χ4n) is 6.62. The van der Waals surface area contributed by atoms with Crippen LogP contribution in [0.1, 0.15) is 71.6 Å². The van der Waals surface area contributed by atoms with Gasteiger partial charge in [0.25, 0.3) is 0 Å². The van der Waals surface area contributed by atoms with Crippen LogP contribution in [0.2, 0.25) is 0 Å². The highest BCUT2D eigenvalue weighted by Crippen LogP contribution is 2.51. The summed E-state index contributed by atoms with van der Waals surface area (Å²) in [6.45, 7) is 9.91. The second-order valence-electron chi connectivity index (χ2n) is 10.5. The van der Waals surface area contributed by atoms with E-state index in [-0.39, 0.29) is 12.1 Å². The third-order valence-electron chi connectivity index (χ3n) is 8.48. The zero-order valence-electron chi connectivity index (χ0n) is 20.1. The van der Waals surface area contributed by atoms with E-state index < -0.39 is 0 Å². The Morgan fingerprint density at radius 3 is 2.53 bits per heavy atom. The van der Waals surface area contributed by atoms with Crippen molar-refractivity contribution in [2.45, 2.75) is 83.7 Å². The third-order valence-corrected chi connectivity index (χ3v) is 8.48. The molecule has 32 heavy (non-hydrogen) atoms. The lowest BCUT2D eigenvalue weighted by atomic mass is 9.64. The largest absolute Gasteiger partial charge is 0.450 e. The maximum absolute atomic E-state index is 12.9. The molecule has 3 amide bonds. The number of hydrazine groups is 1. The smallest absolute Gasteiger partial charge is 0.409 e. The molecule has 2 N–H and O–H groups in total. The lowest BCUT2D eigenvalue weighted by molar-refractivity contribution is -0.0149. The topological polar surface area (TPSA) is 82.4 Å². The molecule has 3 heterocycles. The van der Waals surface area contributed by atoms with Crippen molar-refractivity contribution in [1.82, 2.24) is 19.7 Å². The summed E-state index contributed by atoms with van der Waals surface area (Å²) in [4.78, 5) is 31.6. The van der Waals surface area contributed by atoms with Crippen molar-refractivity contribution in [3.05, 3.63) is 0 Å². The molecule has 4 fully saturated rings. The Labute approximate surface area is 193 Å². The quantitative estimate of drug-likeness (QED) is 0.382. The van der Waals surface area contributed by atoms with Gasteiger partial charge in [-0.1, -0.05) is 13.3 Å². The van der Waals surface area contributed by atoms with Gasteiger partial charge < -0.3 is 19.4 Å². The SMILES string of the molecule is CCCCN(N)C(=O)N1CCC[C@H]1C1CCN(C2CC3(CCN(C(=O)OCC)C3)C2)CC1. The van der Waals surface area contributed by atoms with Gasteiger partial charge in [0, 0.05) is 38.3 Å². The van der Waals surface area contributed by atoms with E-state index in [2.05, 4.69) is 16.7 Å². The van der Waals surface area contributed by atoms with Crippen molar-refractivity contribution >= 4 is 12.1 Å². The molecule has 0 aromatic carbocycles. The number of hydrogen-bond donors (Lipinski definition) is 1. The number of carbonyl (C=O) groups excluding carboxylic acids is 2. The molecule has 4 aliphatic rings. The number of piperidine rings is 1. The molecule has 1 atom stereocenters. The summed E-state index contributed by atoms with van der Waals surface area (Å²) in [5.74, 6) is 6.66. The summed E-state index contributed by atoms with van der Waals surface area (Å²) in [5, 5.41) is 1.44. The van der Waals surface area contributed by atoms with Crippen LogP contribution < -0.4 is 5.84 Å². The number of amides is 3. The first-order chi connectivity index (χ1) is 15.5. The van der Waals surface area contributed by atoms with Crippen molar-refractivity contribution in [2.75, 3.05) is 45.9 Å². The Morgan fingerprint density at radius 1 is 1.09 bits per heavy atom. The average Bonchev–Trinajstić information content (AvgIpc) is 3.44. The van der Waals surface area contributed by atoms with Crippen LogP contribution in [0.4, 0.5) is 9.59 Å². The van der Waals surface area contributed by atoms with Crippen LogP contribution in [0.25, 0.3) is 0 Å². The molecule has 0 aromatic heterocycles. The lowest BCUT2D eigenvalue weighted by Crippen LogP contribution is -2.56. The summed E-state index contributed by atoms with van der Waals surface area (Å²) in [6, 6.07) is 1.04. The Kier molecular flexibility index (Phi) is 7.50. The molecular formula is C24H43N5O3. The minimum Gasteiger partial charge on any atom is -0.450 e. The van der Waals surface area contributed by atoms with Crippen LogP contribution >= 0.6 is 0 Å². The standard InChI is InChI=1S/C24H43N5O3/c1-3-5-12-29(25)22(30)28-11-6-7-21(28)19-8-13-26(14-9-19)20-16-24(17-20)10-15-27(18-24)23(31)32-4-2/h19-21H,3-18,25H2,1-2H3/t20?,21-,24?/m0/s1. The van der Waals surface area contributed by atoms with E-state index in [1.54, 1.807) is 0 Å². The van der Waals surface area contributed by atoms with Crippen LogP contribution in [0.3, 0.4) is 0 Å². The van der Waals surface area contributed by atoms with Gasteiger partial charge in [0.05, 0.1) is 6.61 Å². The molecule has 3 saturated heterocycles. The van der Waals surface area contributed by atoms with Crippen LogP contribution in [-0.2, 0) is 4.74 Å². The molecule has 1 aliphatic carbocycles. The molecule has 1 saturated carbocycles. The number of ether oxygens (including phenoxy) is 1. The molecule has 8 heteroatoms. The van der Waals surface area contributed by atoms with Gasteiger partial charge in [0.1, 0.15) is 0 Å². The highest BCUT2D eigenvalue weighted by Gasteiger charge is 2.51. The van der Waals surface area contributed by atoms with Crippen molar-refractivity contribution in [3.63, 3.8) is 0 Å². The molecular weight excluding hydrogens is 406 g/mol. The number of carbonyl (C=O) groups is 2. The van der Waals surface area contributed by atoms with Gasteiger partial charge in [-0.3, -0.25) is 5.01 Å². The van der Waals surface area contributed by atoms with Gasteiger partial charge in [-0.25, -0.2) is 15.4 Å². The predicted molar refractivity (Wildman–Crippen MR) is 124 cm³/mol. The van der Waals surface area contributed by atoms with E-state index in [9.17, 15) is 9.59 Å². The molecule has 182 valence electrons. The number of nitrogens with two attached hydrogens (primary N) is 1.